The van der Waals surface area contributed by atoms with Crippen molar-refractivity contribution in [1.29, 1.82) is 0 Å². The number of benzene rings is 4. The van der Waals surface area contributed by atoms with E-state index >= 15 is 0 Å². The van der Waals surface area contributed by atoms with E-state index in [1.807, 2.05) is 27.7 Å². The minimum atomic E-state index is -2.46. The fourth-order valence-electron chi connectivity index (χ4n) is 5.40. The molecule has 0 heterocycles. The second-order valence-corrected chi connectivity index (χ2v) is 15.9. The Morgan fingerprint density at radius 3 is 0.837 bits per heavy atom. The van der Waals surface area contributed by atoms with Gasteiger partial charge in [0.2, 0.25) is 18.1 Å². The first-order valence-electron chi connectivity index (χ1n) is 15.4. The van der Waals surface area contributed by atoms with Gasteiger partial charge < -0.3 is 23.1 Å². The summed E-state index contributed by atoms with van der Waals surface area (Å²) < 4.78 is 32.8. The van der Waals surface area contributed by atoms with Crippen molar-refractivity contribution in [2.24, 2.45) is 0 Å². The van der Waals surface area contributed by atoms with Crippen LogP contribution >= 0.6 is 0 Å². The topological polar surface area (TPSA) is 46.2 Å². The molecule has 0 aliphatic carbocycles. The van der Waals surface area contributed by atoms with Gasteiger partial charge >= 0.3 is 0 Å². The van der Waals surface area contributed by atoms with Gasteiger partial charge in [-0.3, -0.25) is 0 Å². The van der Waals surface area contributed by atoms with Gasteiger partial charge in [0, 0.05) is 20.7 Å². The Morgan fingerprint density at radius 2 is 0.628 bits per heavy atom. The standard InChI is InChI=1S/C36H46O5Si2/c1-9-37-29-17-13-25(5)21-33(29)42(34-22-26(6)14-18-30(34)38-10-2)41-43(35-23-27(7)15-19-31(35)39-11-3)36-24-28(8)16-20-32(36)40-12-4/h13-24,42-43H,9-12H2,1-8H3. The molecule has 5 nitrogen and oxygen atoms in total. The Labute approximate surface area is 261 Å². The number of hydrogen-bond acceptors (Lipinski definition) is 5. The van der Waals surface area contributed by atoms with Crippen LogP contribution in [0.25, 0.3) is 0 Å². The summed E-state index contributed by atoms with van der Waals surface area (Å²) in [6.07, 6.45) is 0. The summed E-state index contributed by atoms with van der Waals surface area (Å²) in [6.45, 7) is 18.9. The third-order valence-corrected chi connectivity index (χ3v) is 13.5. The van der Waals surface area contributed by atoms with E-state index in [0.717, 1.165) is 43.7 Å². The van der Waals surface area contributed by atoms with E-state index in [1.165, 1.54) is 22.3 Å². The first-order chi connectivity index (χ1) is 20.8. The van der Waals surface area contributed by atoms with E-state index in [1.54, 1.807) is 0 Å². The molecule has 4 rings (SSSR count). The molecule has 0 radical (unpaired) electrons. The molecule has 0 atom stereocenters. The van der Waals surface area contributed by atoms with E-state index in [0.29, 0.717) is 26.4 Å². The van der Waals surface area contributed by atoms with Crippen LogP contribution in [0.5, 0.6) is 23.0 Å². The molecule has 0 aliphatic rings. The molecule has 4 aromatic carbocycles. The molecular weight excluding hydrogens is 569 g/mol. The summed E-state index contributed by atoms with van der Waals surface area (Å²) in [4.78, 5) is 0. The third kappa shape index (κ3) is 7.90. The Hall–Kier alpha value is -3.53. The van der Waals surface area contributed by atoms with Crippen LogP contribution in [-0.4, -0.2) is 44.5 Å². The minimum Gasteiger partial charge on any atom is -0.494 e. The second kappa shape index (κ2) is 15.3. The highest BCUT2D eigenvalue weighted by Crippen LogP contribution is 2.21. The van der Waals surface area contributed by atoms with Gasteiger partial charge in [-0.2, -0.15) is 0 Å². The van der Waals surface area contributed by atoms with Crippen LogP contribution in [0.15, 0.2) is 72.8 Å². The molecule has 0 saturated carbocycles. The zero-order chi connectivity index (χ0) is 30.9. The van der Waals surface area contributed by atoms with Gasteiger partial charge in [0.1, 0.15) is 23.0 Å². The molecule has 0 fully saturated rings. The molecule has 0 spiro atoms. The number of aryl methyl sites for hydroxylation is 4. The highest BCUT2D eigenvalue weighted by atomic mass is 28.4. The summed E-state index contributed by atoms with van der Waals surface area (Å²) in [7, 11) is -4.92. The predicted octanol–water partition coefficient (Wildman–Crippen LogP) is 4.91. The van der Waals surface area contributed by atoms with Crippen molar-refractivity contribution >= 4 is 38.8 Å². The van der Waals surface area contributed by atoms with Crippen LogP contribution in [0.1, 0.15) is 49.9 Å². The average Bonchev–Trinajstić information content (AvgIpc) is 2.98. The second-order valence-electron chi connectivity index (χ2n) is 10.8. The Kier molecular flexibility index (Phi) is 11.5. The van der Waals surface area contributed by atoms with Crippen molar-refractivity contribution in [2.75, 3.05) is 26.4 Å². The van der Waals surface area contributed by atoms with Crippen LogP contribution in [-0.2, 0) is 4.12 Å². The highest BCUT2D eigenvalue weighted by molar-refractivity contribution is 6.93. The minimum absolute atomic E-state index is 0.572. The molecule has 0 amide bonds. The van der Waals surface area contributed by atoms with Gasteiger partial charge in [-0.1, -0.05) is 70.8 Å². The molecule has 43 heavy (non-hydrogen) atoms. The van der Waals surface area contributed by atoms with Crippen LogP contribution < -0.4 is 39.7 Å². The van der Waals surface area contributed by atoms with Gasteiger partial charge in [0.05, 0.1) is 26.4 Å². The first kappa shape index (κ1) is 32.4. The molecule has 4 aromatic rings. The maximum Gasteiger partial charge on any atom is 0.236 e. The van der Waals surface area contributed by atoms with Crippen molar-refractivity contribution < 1.29 is 23.1 Å². The van der Waals surface area contributed by atoms with Gasteiger partial charge in [-0.25, -0.2) is 0 Å². The molecule has 228 valence electrons. The number of hydrogen-bond donors (Lipinski definition) is 0. The molecular formula is C36H46O5Si2. The molecule has 0 bridgehead atoms. The summed E-state index contributed by atoms with van der Waals surface area (Å²) in [5, 5.41) is 4.45. The van der Waals surface area contributed by atoms with Crippen LogP contribution in [0.4, 0.5) is 0 Å². The SMILES string of the molecule is CCOc1ccc(C)cc1[SiH](O[SiH](c1cc(C)ccc1OCC)c1cc(C)ccc1OCC)c1cc(C)ccc1OCC. The van der Waals surface area contributed by atoms with Crippen molar-refractivity contribution in [1.82, 2.24) is 0 Å². The quantitative estimate of drug-likeness (QED) is 0.189. The summed E-state index contributed by atoms with van der Waals surface area (Å²) >= 11 is 0. The Balaban J connectivity index is 2.05. The summed E-state index contributed by atoms with van der Waals surface area (Å²) in [5.41, 5.74) is 4.66. The molecule has 0 saturated heterocycles. The van der Waals surface area contributed by atoms with Crippen molar-refractivity contribution in [3.63, 3.8) is 0 Å². The van der Waals surface area contributed by atoms with Crippen LogP contribution in [0.3, 0.4) is 0 Å². The van der Waals surface area contributed by atoms with E-state index in [-0.39, 0.29) is 0 Å². The van der Waals surface area contributed by atoms with Gasteiger partial charge in [-0.15, -0.1) is 0 Å². The normalized spacial score (nSPS) is 11.2. The lowest BCUT2D eigenvalue weighted by Crippen LogP contribution is -2.57. The van der Waals surface area contributed by atoms with E-state index in [2.05, 4.69) is 100 Å². The molecule has 0 N–H and O–H groups in total. The fourth-order valence-corrected chi connectivity index (χ4v) is 12.9. The van der Waals surface area contributed by atoms with Gasteiger partial charge in [0.15, 0.2) is 0 Å². The van der Waals surface area contributed by atoms with Crippen molar-refractivity contribution in [2.45, 2.75) is 55.4 Å². The van der Waals surface area contributed by atoms with Crippen molar-refractivity contribution in [3.8, 4) is 23.0 Å². The Morgan fingerprint density at radius 1 is 0.395 bits per heavy atom. The molecule has 0 aromatic heterocycles. The monoisotopic (exact) mass is 614 g/mol. The van der Waals surface area contributed by atoms with Gasteiger partial charge in [0.25, 0.3) is 0 Å². The third-order valence-electron chi connectivity index (χ3n) is 7.26. The van der Waals surface area contributed by atoms with E-state index in [4.69, 9.17) is 23.1 Å². The zero-order valence-electron chi connectivity index (χ0n) is 27.0. The van der Waals surface area contributed by atoms with E-state index in [9.17, 15) is 0 Å². The average molecular weight is 615 g/mol. The summed E-state index contributed by atoms with van der Waals surface area (Å²) in [6, 6.07) is 25.7. The van der Waals surface area contributed by atoms with E-state index < -0.39 is 18.1 Å². The highest BCUT2D eigenvalue weighted by Gasteiger charge is 2.34. The number of rotatable bonds is 14. The lowest BCUT2D eigenvalue weighted by Gasteiger charge is -2.30. The lowest BCUT2D eigenvalue weighted by molar-refractivity contribution is 0.340. The Bertz CT molecular complexity index is 1300. The smallest absolute Gasteiger partial charge is 0.236 e. The van der Waals surface area contributed by atoms with Crippen LogP contribution in [0.2, 0.25) is 0 Å². The zero-order valence-corrected chi connectivity index (χ0v) is 29.3. The maximum atomic E-state index is 7.72. The van der Waals surface area contributed by atoms with Gasteiger partial charge in [-0.05, 0) is 79.7 Å². The predicted molar refractivity (Wildman–Crippen MR) is 183 cm³/mol. The molecule has 0 aliphatic heterocycles. The molecule has 7 heteroatoms. The largest absolute Gasteiger partial charge is 0.494 e. The van der Waals surface area contributed by atoms with Crippen LogP contribution in [0, 0.1) is 27.7 Å². The first-order valence-corrected chi connectivity index (χ1v) is 18.6. The molecule has 0 unspecified atom stereocenters. The number of ether oxygens (including phenoxy) is 4. The maximum absolute atomic E-state index is 7.72. The summed E-state index contributed by atoms with van der Waals surface area (Å²) in [5.74, 6) is 3.46. The fraction of sp³-hybridized carbons (Fsp3) is 0.333. The van der Waals surface area contributed by atoms with Crippen molar-refractivity contribution in [3.05, 3.63) is 95.1 Å². The lowest BCUT2D eigenvalue weighted by atomic mass is 10.2.